The highest BCUT2D eigenvalue weighted by Gasteiger charge is 2.11. The quantitative estimate of drug-likeness (QED) is 0.671. The predicted octanol–water partition coefficient (Wildman–Crippen LogP) is 2.47. The second kappa shape index (κ2) is 6.67. The molecule has 7 nitrogen and oxygen atoms in total. The number of aryl methyl sites for hydroxylation is 2. The Morgan fingerprint density at radius 1 is 1.39 bits per heavy atom. The molecule has 23 heavy (non-hydrogen) atoms. The molecule has 0 bridgehead atoms. The molecule has 0 aliphatic heterocycles. The van der Waals surface area contributed by atoms with Crippen LogP contribution in [0.5, 0.6) is 0 Å². The van der Waals surface area contributed by atoms with Gasteiger partial charge in [-0.1, -0.05) is 11.6 Å². The summed E-state index contributed by atoms with van der Waals surface area (Å²) in [4.78, 5) is 16.3. The molecule has 1 N–H and O–H groups in total. The fourth-order valence-electron chi connectivity index (χ4n) is 2.11. The predicted molar refractivity (Wildman–Crippen MR) is 89.6 cm³/mol. The van der Waals surface area contributed by atoms with Crippen LogP contribution in [0.15, 0.2) is 29.1 Å². The average Bonchev–Trinajstić information content (AvgIpc) is 3.07. The average molecular weight is 398 g/mol. The third-order valence-corrected chi connectivity index (χ3v) is 4.03. The number of hydrogen-bond donors (Lipinski definition) is 1. The monoisotopic (exact) mass is 396 g/mol. The molecule has 3 aromatic rings. The maximum atomic E-state index is 12.1. The van der Waals surface area contributed by atoms with Gasteiger partial charge in [0, 0.05) is 37.7 Å². The van der Waals surface area contributed by atoms with Gasteiger partial charge in [0.1, 0.15) is 0 Å². The van der Waals surface area contributed by atoms with Gasteiger partial charge in [-0.25, -0.2) is 9.50 Å². The summed E-state index contributed by atoms with van der Waals surface area (Å²) in [5.41, 5.74) is 1.77. The minimum absolute atomic E-state index is 0.221. The van der Waals surface area contributed by atoms with Crippen LogP contribution < -0.4 is 5.32 Å². The fourth-order valence-corrected chi connectivity index (χ4v) is 2.55. The van der Waals surface area contributed by atoms with Crippen LogP contribution in [-0.2, 0) is 6.54 Å². The first-order valence-electron chi connectivity index (χ1n) is 7.01. The zero-order chi connectivity index (χ0) is 16.4. The van der Waals surface area contributed by atoms with Gasteiger partial charge in [-0.05, 0) is 29.3 Å². The van der Waals surface area contributed by atoms with E-state index in [0.717, 1.165) is 16.6 Å². The Bertz CT molecular complexity index is 839. The van der Waals surface area contributed by atoms with Crippen molar-refractivity contribution >= 4 is 39.1 Å². The van der Waals surface area contributed by atoms with Gasteiger partial charge in [-0.15, -0.1) is 0 Å². The lowest BCUT2D eigenvalue weighted by molar-refractivity contribution is 0.0947. The highest BCUT2D eigenvalue weighted by atomic mass is 79.9. The Kier molecular flexibility index (Phi) is 4.63. The number of fused-ring (bicyclic) bond motifs is 1. The van der Waals surface area contributed by atoms with Crippen molar-refractivity contribution in [3.63, 3.8) is 0 Å². The van der Waals surface area contributed by atoms with Crippen molar-refractivity contribution in [2.45, 2.75) is 19.9 Å². The molecule has 3 rings (SSSR count). The van der Waals surface area contributed by atoms with Crippen molar-refractivity contribution in [2.75, 3.05) is 6.54 Å². The summed E-state index contributed by atoms with van der Waals surface area (Å²) < 4.78 is 4.14. The maximum Gasteiger partial charge on any atom is 0.271 e. The van der Waals surface area contributed by atoms with Gasteiger partial charge in [0.05, 0.1) is 15.2 Å². The second-order valence-corrected chi connectivity index (χ2v) is 6.36. The molecule has 3 aromatic heterocycles. The van der Waals surface area contributed by atoms with Gasteiger partial charge in [0.15, 0.2) is 11.3 Å². The van der Waals surface area contributed by atoms with E-state index in [0.29, 0.717) is 29.5 Å². The molecule has 0 aliphatic carbocycles. The SMILES string of the molecule is Cc1nn(CCCNC(=O)c2cc3ncc(Br)cn3n2)cc1Cl. The molecule has 3 heterocycles. The molecular formula is C14H14BrClN6O. The number of carbonyl (C=O) groups excluding carboxylic acids is 1. The normalized spacial score (nSPS) is 11.1. The number of amides is 1. The molecule has 0 saturated heterocycles. The first-order chi connectivity index (χ1) is 11.0. The zero-order valence-electron chi connectivity index (χ0n) is 12.3. The van der Waals surface area contributed by atoms with Gasteiger partial charge in [0.25, 0.3) is 5.91 Å². The highest BCUT2D eigenvalue weighted by Crippen LogP contribution is 2.12. The zero-order valence-corrected chi connectivity index (χ0v) is 14.7. The maximum absolute atomic E-state index is 12.1. The van der Waals surface area contributed by atoms with E-state index in [2.05, 4.69) is 36.4 Å². The minimum Gasteiger partial charge on any atom is -0.351 e. The van der Waals surface area contributed by atoms with Crippen LogP contribution in [0.1, 0.15) is 22.6 Å². The molecule has 0 spiro atoms. The lowest BCUT2D eigenvalue weighted by Gasteiger charge is -2.03. The van der Waals surface area contributed by atoms with Crippen molar-refractivity contribution in [2.24, 2.45) is 0 Å². The number of nitrogens with one attached hydrogen (secondary N) is 1. The van der Waals surface area contributed by atoms with Crippen LogP contribution in [0.3, 0.4) is 0 Å². The van der Waals surface area contributed by atoms with E-state index in [1.807, 2.05) is 6.92 Å². The third kappa shape index (κ3) is 3.70. The first kappa shape index (κ1) is 15.9. The summed E-state index contributed by atoms with van der Waals surface area (Å²) in [6.07, 6.45) is 5.95. The largest absolute Gasteiger partial charge is 0.351 e. The number of aromatic nitrogens is 5. The molecule has 0 atom stereocenters. The third-order valence-electron chi connectivity index (χ3n) is 3.25. The number of carbonyl (C=O) groups is 1. The molecule has 9 heteroatoms. The van der Waals surface area contributed by atoms with Crippen molar-refractivity contribution < 1.29 is 4.79 Å². The van der Waals surface area contributed by atoms with Crippen molar-refractivity contribution in [3.05, 3.63) is 45.5 Å². The van der Waals surface area contributed by atoms with Gasteiger partial charge in [-0.3, -0.25) is 9.48 Å². The summed E-state index contributed by atoms with van der Waals surface area (Å²) in [5, 5.41) is 12.0. The van der Waals surface area contributed by atoms with Crippen molar-refractivity contribution in [3.8, 4) is 0 Å². The number of rotatable bonds is 5. The Labute approximate surface area is 145 Å². The second-order valence-electron chi connectivity index (χ2n) is 5.04. The van der Waals surface area contributed by atoms with Crippen LogP contribution in [-0.4, -0.2) is 36.8 Å². The Morgan fingerprint density at radius 3 is 2.96 bits per heavy atom. The van der Waals surface area contributed by atoms with E-state index in [-0.39, 0.29) is 5.91 Å². The first-order valence-corrected chi connectivity index (χ1v) is 8.19. The van der Waals surface area contributed by atoms with E-state index < -0.39 is 0 Å². The highest BCUT2D eigenvalue weighted by molar-refractivity contribution is 9.10. The number of nitrogens with zero attached hydrogens (tertiary/aromatic N) is 5. The number of halogens is 2. The van der Waals surface area contributed by atoms with Gasteiger partial charge >= 0.3 is 0 Å². The van der Waals surface area contributed by atoms with Crippen molar-refractivity contribution in [1.82, 2.24) is 29.7 Å². The number of hydrogen-bond acceptors (Lipinski definition) is 4. The fraction of sp³-hybridized carbons (Fsp3) is 0.286. The molecule has 1 amide bonds. The molecule has 120 valence electrons. The standard InChI is InChI=1S/C14H14BrClN6O/c1-9-11(16)8-21(19-9)4-2-3-17-14(23)12-5-13-18-6-10(15)7-22(13)20-12/h5-8H,2-4H2,1H3,(H,17,23). The summed E-state index contributed by atoms with van der Waals surface area (Å²) in [6, 6.07) is 1.65. The Hall–Kier alpha value is -1.93. The van der Waals surface area contributed by atoms with E-state index >= 15 is 0 Å². The minimum atomic E-state index is -0.221. The topological polar surface area (TPSA) is 77.1 Å². The molecule has 0 saturated carbocycles. The molecule has 0 aromatic carbocycles. The molecule has 0 aliphatic rings. The smallest absolute Gasteiger partial charge is 0.271 e. The van der Waals surface area contributed by atoms with Crippen LogP contribution in [0.2, 0.25) is 5.02 Å². The van der Waals surface area contributed by atoms with Gasteiger partial charge in [-0.2, -0.15) is 10.2 Å². The lowest BCUT2D eigenvalue weighted by atomic mass is 10.3. The molecule has 0 radical (unpaired) electrons. The van der Waals surface area contributed by atoms with E-state index in [9.17, 15) is 4.79 Å². The van der Waals surface area contributed by atoms with Gasteiger partial charge < -0.3 is 5.32 Å². The van der Waals surface area contributed by atoms with Crippen LogP contribution in [0, 0.1) is 6.92 Å². The lowest BCUT2D eigenvalue weighted by Crippen LogP contribution is -2.25. The van der Waals surface area contributed by atoms with Gasteiger partial charge in [0.2, 0.25) is 0 Å². The summed E-state index contributed by atoms with van der Waals surface area (Å²) in [6.45, 7) is 3.07. The van der Waals surface area contributed by atoms with Crippen LogP contribution in [0.25, 0.3) is 5.65 Å². The molecular weight excluding hydrogens is 384 g/mol. The Balaban J connectivity index is 1.54. The summed E-state index contributed by atoms with van der Waals surface area (Å²) >= 11 is 9.27. The van der Waals surface area contributed by atoms with Crippen LogP contribution >= 0.6 is 27.5 Å². The van der Waals surface area contributed by atoms with E-state index in [1.54, 1.807) is 33.9 Å². The van der Waals surface area contributed by atoms with E-state index in [4.69, 9.17) is 11.6 Å². The summed E-state index contributed by atoms with van der Waals surface area (Å²) in [5.74, 6) is -0.221. The molecule has 0 fully saturated rings. The summed E-state index contributed by atoms with van der Waals surface area (Å²) in [7, 11) is 0. The van der Waals surface area contributed by atoms with Crippen molar-refractivity contribution in [1.29, 1.82) is 0 Å². The van der Waals surface area contributed by atoms with Crippen LogP contribution in [0.4, 0.5) is 0 Å². The van der Waals surface area contributed by atoms with E-state index in [1.165, 1.54) is 0 Å². The molecule has 0 unspecified atom stereocenters. The Morgan fingerprint density at radius 2 is 2.22 bits per heavy atom.